The van der Waals surface area contributed by atoms with Gasteiger partial charge in [-0.05, 0) is 24.3 Å². The summed E-state index contributed by atoms with van der Waals surface area (Å²) >= 11 is 0. The van der Waals surface area contributed by atoms with Crippen LogP contribution in [0.25, 0.3) is 5.69 Å². The summed E-state index contributed by atoms with van der Waals surface area (Å²) in [6, 6.07) is 16.7. The number of nitrogens with zero attached hydrogens (tertiary/aromatic N) is 5. The van der Waals surface area contributed by atoms with Gasteiger partial charge in [-0.3, -0.25) is 9.59 Å². The number of para-hydroxylation sites is 3. The fraction of sp³-hybridized carbons (Fsp3) is 0.273. The molecule has 2 aliphatic rings. The summed E-state index contributed by atoms with van der Waals surface area (Å²) in [5.41, 5.74) is 1.07. The summed E-state index contributed by atoms with van der Waals surface area (Å²) in [4.78, 5) is 30.5. The maximum atomic E-state index is 12.9. The number of ether oxygens (including phenoxy) is 2. The zero-order valence-electron chi connectivity index (χ0n) is 16.8. The minimum Gasteiger partial charge on any atom is -0.485 e. The van der Waals surface area contributed by atoms with Crippen LogP contribution in [0.4, 0.5) is 0 Å². The number of piperazine rings is 1. The highest BCUT2D eigenvalue weighted by Gasteiger charge is 2.34. The third kappa shape index (κ3) is 3.81. The van der Waals surface area contributed by atoms with Gasteiger partial charge >= 0.3 is 0 Å². The highest BCUT2D eigenvalue weighted by atomic mass is 16.6. The van der Waals surface area contributed by atoms with Crippen LogP contribution in [-0.4, -0.2) is 75.5 Å². The lowest BCUT2D eigenvalue weighted by molar-refractivity contribution is -0.142. The number of aromatic nitrogens is 3. The van der Waals surface area contributed by atoms with E-state index in [1.807, 2.05) is 48.5 Å². The second-order valence-electron chi connectivity index (χ2n) is 7.34. The SMILES string of the molecule is O=C(c1cnn(-c2ccccc2)n1)N1CCN(C(=O)[C@@H]2COc3ccccc3O2)CC1. The van der Waals surface area contributed by atoms with E-state index >= 15 is 0 Å². The fourth-order valence-corrected chi connectivity index (χ4v) is 3.68. The summed E-state index contributed by atoms with van der Waals surface area (Å²) < 4.78 is 11.5. The van der Waals surface area contributed by atoms with Crippen molar-refractivity contribution in [3.8, 4) is 17.2 Å². The molecule has 9 heteroatoms. The zero-order valence-corrected chi connectivity index (χ0v) is 16.8. The van der Waals surface area contributed by atoms with Gasteiger partial charge in [-0.15, -0.1) is 5.10 Å². The summed E-state index contributed by atoms with van der Waals surface area (Å²) in [7, 11) is 0. The van der Waals surface area contributed by atoms with Crippen molar-refractivity contribution in [3.63, 3.8) is 0 Å². The third-order valence-electron chi connectivity index (χ3n) is 5.36. The summed E-state index contributed by atoms with van der Waals surface area (Å²) in [6.07, 6.45) is 0.792. The van der Waals surface area contributed by atoms with Crippen molar-refractivity contribution < 1.29 is 19.1 Å². The molecule has 0 spiro atoms. The Bertz CT molecular complexity index is 1090. The van der Waals surface area contributed by atoms with Gasteiger partial charge in [-0.2, -0.15) is 9.90 Å². The molecule has 3 heterocycles. The minimum absolute atomic E-state index is 0.128. The van der Waals surface area contributed by atoms with Crippen molar-refractivity contribution in [1.82, 2.24) is 24.8 Å². The molecule has 158 valence electrons. The second kappa shape index (κ2) is 8.10. The van der Waals surface area contributed by atoms with Gasteiger partial charge in [0, 0.05) is 26.2 Å². The van der Waals surface area contributed by atoms with Gasteiger partial charge in [0.2, 0.25) is 6.10 Å². The molecule has 2 aliphatic heterocycles. The molecular weight excluding hydrogens is 398 g/mol. The Kier molecular flexibility index (Phi) is 4.99. The molecular formula is C22H21N5O4. The molecule has 9 nitrogen and oxygen atoms in total. The second-order valence-corrected chi connectivity index (χ2v) is 7.34. The van der Waals surface area contributed by atoms with E-state index in [4.69, 9.17) is 9.47 Å². The Hall–Kier alpha value is -3.88. The highest BCUT2D eigenvalue weighted by molar-refractivity contribution is 5.92. The Labute approximate surface area is 178 Å². The lowest BCUT2D eigenvalue weighted by atomic mass is 10.2. The van der Waals surface area contributed by atoms with Crippen LogP contribution < -0.4 is 9.47 Å². The van der Waals surface area contributed by atoms with Gasteiger partial charge in [0.1, 0.15) is 6.61 Å². The van der Waals surface area contributed by atoms with Gasteiger partial charge in [0.05, 0.1) is 11.9 Å². The molecule has 1 saturated heterocycles. The van der Waals surface area contributed by atoms with Gasteiger partial charge in [0.25, 0.3) is 11.8 Å². The normalized spacial score (nSPS) is 18.0. The molecule has 2 amide bonds. The topological polar surface area (TPSA) is 89.8 Å². The first-order chi connectivity index (χ1) is 15.2. The van der Waals surface area contributed by atoms with Crippen molar-refractivity contribution in [3.05, 3.63) is 66.5 Å². The van der Waals surface area contributed by atoms with E-state index in [0.717, 1.165) is 5.69 Å². The number of hydrogen-bond donors (Lipinski definition) is 0. The van der Waals surface area contributed by atoms with Crippen LogP contribution in [0.3, 0.4) is 0 Å². The van der Waals surface area contributed by atoms with Crippen molar-refractivity contribution in [2.75, 3.05) is 32.8 Å². The number of amides is 2. The molecule has 5 rings (SSSR count). The van der Waals surface area contributed by atoms with E-state index in [2.05, 4.69) is 10.2 Å². The lowest BCUT2D eigenvalue weighted by Gasteiger charge is -2.36. The van der Waals surface area contributed by atoms with Gasteiger partial charge in [0.15, 0.2) is 17.2 Å². The summed E-state index contributed by atoms with van der Waals surface area (Å²) in [6.45, 7) is 1.88. The number of benzene rings is 2. The number of rotatable bonds is 3. The molecule has 1 fully saturated rings. The van der Waals surface area contributed by atoms with E-state index < -0.39 is 6.10 Å². The third-order valence-corrected chi connectivity index (χ3v) is 5.36. The first-order valence-corrected chi connectivity index (χ1v) is 10.1. The largest absolute Gasteiger partial charge is 0.485 e. The van der Waals surface area contributed by atoms with Crippen LogP contribution in [0.2, 0.25) is 0 Å². The summed E-state index contributed by atoms with van der Waals surface area (Å²) in [5, 5.41) is 8.49. The Morgan fingerprint density at radius 2 is 1.55 bits per heavy atom. The predicted molar refractivity (Wildman–Crippen MR) is 110 cm³/mol. The van der Waals surface area contributed by atoms with Crippen molar-refractivity contribution in [2.24, 2.45) is 0 Å². The molecule has 1 atom stereocenters. The fourth-order valence-electron chi connectivity index (χ4n) is 3.68. The highest BCUT2D eigenvalue weighted by Crippen LogP contribution is 2.31. The van der Waals surface area contributed by atoms with Crippen LogP contribution in [0, 0.1) is 0 Å². The molecule has 0 bridgehead atoms. The van der Waals surface area contributed by atoms with Crippen molar-refractivity contribution >= 4 is 11.8 Å². The number of carbonyl (C=O) groups is 2. The van der Waals surface area contributed by atoms with E-state index in [-0.39, 0.29) is 24.1 Å². The minimum atomic E-state index is -0.678. The van der Waals surface area contributed by atoms with E-state index in [9.17, 15) is 9.59 Å². The standard InChI is InChI=1S/C22H21N5O4/c28-21(17-14-23-27(24-17)16-6-2-1-3-7-16)25-10-12-26(13-11-25)22(29)20-15-30-18-8-4-5-9-19(18)31-20/h1-9,14,20H,10-13,15H2/t20-/m0/s1. The average molecular weight is 419 g/mol. The van der Waals surface area contributed by atoms with Crippen LogP contribution in [0.15, 0.2) is 60.8 Å². The Balaban J connectivity index is 1.18. The Morgan fingerprint density at radius 1 is 0.871 bits per heavy atom. The molecule has 1 aromatic heterocycles. The number of fused-ring (bicyclic) bond motifs is 1. The van der Waals surface area contributed by atoms with Crippen molar-refractivity contribution in [1.29, 1.82) is 0 Å². The van der Waals surface area contributed by atoms with Crippen molar-refractivity contribution in [2.45, 2.75) is 6.10 Å². The van der Waals surface area contributed by atoms with Crippen LogP contribution in [-0.2, 0) is 4.79 Å². The lowest BCUT2D eigenvalue weighted by Crippen LogP contribution is -2.55. The quantitative estimate of drug-likeness (QED) is 0.637. The van der Waals surface area contributed by atoms with E-state index in [1.54, 1.807) is 15.9 Å². The van der Waals surface area contributed by atoms with E-state index in [1.165, 1.54) is 11.0 Å². The first-order valence-electron chi connectivity index (χ1n) is 10.1. The van der Waals surface area contributed by atoms with Crippen LogP contribution in [0.5, 0.6) is 11.5 Å². The molecule has 0 radical (unpaired) electrons. The summed E-state index contributed by atoms with van der Waals surface area (Å²) in [5.74, 6) is 0.894. The zero-order chi connectivity index (χ0) is 21.2. The molecule has 0 aliphatic carbocycles. The van der Waals surface area contributed by atoms with Crippen LogP contribution >= 0.6 is 0 Å². The van der Waals surface area contributed by atoms with Gasteiger partial charge in [-0.1, -0.05) is 30.3 Å². The smallest absolute Gasteiger partial charge is 0.276 e. The number of hydrogen-bond acceptors (Lipinski definition) is 6. The maximum absolute atomic E-state index is 12.9. The predicted octanol–water partition coefficient (Wildman–Crippen LogP) is 1.39. The van der Waals surface area contributed by atoms with E-state index in [0.29, 0.717) is 37.7 Å². The molecule has 3 aromatic rings. The number of carbonyl (C=O) groups excluding carboxylic acids is 2. The van der Waals surface area contributed by atoms with Gasteiger partial charge in [-0.25, -0.2) is 0 Å². The molecule has 31 heavy (non-hydrogen) atoms. The molecule has 2 aromatic carbocycles. The molecule has 0 unspecified atom stereocenters. The molecule has 0 N–H and O–H groups in total. The first kappa shape index (κ1) is 19.1. The van der Waals surface area contributed by atoms with Gasteiger partial charge < -0.3 is 19.3 Å². The monoisotopic (exact) mass is 419 g/mol. The average Bonchev–Trinajstić information content (AvgIpc) is 3.34. The van der Waals surface area contributed by atoms with Crippen LogP contribution in [0.1, 0.15) is 10.5 Å². The Morgan fingerprint density at radius 3 is 2.32 bits per heavy atom. The maximum Gasteiger partial charge on any atom is 0.276 e. The molecule has 0 saturated carbocycles.